The number of nitrogens with zero attached hydrogens (tertiary/aromatic N) is 3. The standard InChI is InChI=1S/C25H21N3O8S/c1-10-16(15-7-27-9-26-18(14(31)8-29)22(27)37-15)20(28-19(10)17(11(2)30)21(28)32)24(34)36-25-13-6-4-3-5-12(13)23(33)35-25/h3-7,9-11,17,19,25,29-30H,8H2,1-2H3/t10-,11+,17+,19+,25?/m0/s1. The third-order valence-corrected chi connectivity index (χ3v) is 8.26. The average molecular weight is 524 g/mol. The van der Waals surface area contributed by atoms with Crippen molar-refractivity contribution >= 4 is 45.4 Å². The van der Waals surface area contributed by atoms with Gasteiger partial charge in [0, 0.05) is 23.3 Å². The lowest BCUT2D eigenvalue weighted by Crippen LogP contribution is -2.63. The highest BCUT2D eigenvalue weighted by Gasteiger charge is 2.60. The number of carbonyl (C=O) groups excluding carboxylic acids is 4. The van der Waals surface area contributed by atoms with Gasteiger partial charge in [0.05, 0.1) is 28.5 Å². The molecule has 5 atom stereocenters. The number of carbonyl (C=O) groups is 4. The quantitative estimate of drug-likeness (QED) is 0.279. The molecule has 0 saturated carbocycles. The second-order valence-electron chi connectivity index (χ2n) is 9.23. The Morgan fingerprint density at radius 1 is 1.27 bits per heavy atom. The number of aromatic nitrogens is 2. The highest BCUT2D eigenvalue weighted by molar-refractivity contribution is 7.18. The Morgan fingerprint density at radius 2 is 2.03 bits per heavy atom. The maximum absolute atomic E-state index is 13.6. The van der Waals surface area contributed by atoms with E-state index in [2.05, 4.69) is 4.98 Å². The van der Waals surface area contributed by atoms with E-state index in [0.29, 0.717) is 26.4 Å². The number of rotatable bonds is 6. The molecule has 3 aromatic rings. The van der Waals surface area contributed by atoms with Gasteiger partial charge in [-0.2, -0.15) is 0 Å². The minimum absolute atomic E-state index is 0.00678. The summed E-state index contributed by atoms with van der Waals surface area (Å²) in [5, 5.41) is 19.5. The number of thiazole rings is 1. The Hall–Kier alpha value is -3.87. The van der Waals surface area contributed by atoms with Crippen molar-refractivity contribution in [1.82, 2.24) is 14.3 Å². The van der Waals surface area contributed by atoms with Crippen molar-refractivity contribution in [3.05, 3.63) is 64.2 Å². The van der Waals surface area contributed by atoms with Gasteiger partial charge in [0.25, 0.3) is 6.29 Å². The molecular weight excluding hydrogens is 502 g/mol. The van der Waals surface area contributed by atoms with Gasteiger partial charge in [-0.25, -0.2) is 14.6 Å². The van der Waals surface area contributed by atoms with Gasteiger partial charge in [-0.3, -0.25) is 14.0 Å². The molecule has 1 aromatic carbocycles. The third-order valence-electron chi connectivity index (χ3n) is 7.11. The number of aliphatic hydroxyl groups excluding tert-OH is 2. The molecule has 1 fully saturated rings. The number of esters is 2. The van der Waals surface area contributed by atoms with Gasteiger partial charge in [0.15, 0.2) is 0 Å². The van der Waals surface area contributed by atoms with Crippen LogP contribution < -0.4 is 0 Å². The maximum Gasteiger partial charge on any atom is 0.358 e. The fourth-order valence-corrected chi connectivity index (χ4v) is 6.66. The summed E-state index contributed by atoms with van der Waals surface area (Å²) in [6.45, 7) is 2.69. The lowest BCUT2D eigenvalue weighted by molar-refractivity contribution is -0.173. The first-order chi connectivity index (χ1) is 17.7. The first-order valence-electron chi connectivity index (χ1n) is 11.6. The van der Waals surface area contributed by atoms with Gasteiger partial charge < -0.3 is 24.6 Å². The van der Waals surface area contributed by atoms with Crippen LogP contribution >= 0.6 is 11.3 Å². The summed E-state index contributed by atoms with van der Waals surface area (Å²) in [4.78, 5) is 57.5. The van der Waals surface area contributed by atoms with Crippen LogP contribution in [0.1, 0.15) is 51.4 Å². The van der Waals surface area contributed by atoms with E-state index in [-0.39, 0.29) is 17.3 Å². The molecule has 1 amide bonds. The van der Waals surface area contributed by atoms with E-state index in [9.17, 15) is 29.4 Å². The topological polar surface area (TPSA) is 148 Å². The van der Waals surface area contributed by atoms with Gasteiger partial charge in [-0.05, 0) is 13.0 Å². The van der Waals surface area contributed by atoms with Crippen molar-refractivity contribution in [2.75, 3.05) is 6.61 Å². The monoisotopic (exact) mass is 523 g/mol. The van der Waals surface area contributed by atoms with Gasteiger partial charge in [0.2, 0.25) is 11.7 Å². The zero-order chi connectivity index (χ0) is 26.2. The van der Waals surface area contributed by atoms with Crippen molar-refractivity contribution in [2.45, 2.75) is 32.3 Å². The molecule has 3 aliphatic rings. The number of hydrogen-bond acceptors (Lipinski definition) is 10. The highest BCUT2D eigenvalue weighted by Crippen LogP contribution is 2.52. The van der Waals surface area contributed by atoms with Crippen LogP contribution in [0.15, 0.2) is 42.5 Å². The van der Waals surface area contributed by atoms with Crippen LogP contribution in [0.3, 0.4) is 0 Å². The molecule has 12 heteroatoms. The number of β-lactam (4-membered cyclic amide) rings is 1. The Labute approximate surface area is 213 Å². The van der Waals surface area contributed by atoms with Crippen LogP contribution in [0.5, 0.6) is 0 Å². The first kappa shape index (κ1) is 23.5. The molecule has 5 heterocycles. The summed E-state index contributed by atoms with van der Waals surface area (Å²) < 4.78 is 12.5. The minimum Gasteiger partial charge on any atom is -0.417 e. The van der Waals surface area contributed by atoms with E-state index >= 15 is 0 Å². The number of ether oxygens (including phenoxy) is 2. The average Bonchev–Trinajstić information content (AvgIpc) is 3.59. The van der Waals surface area contributed by atoms with E-state index in [0.717, 1.165) is 0 Å². The van der Waals surface area contributed by atoms with E-state index in [1.165, 1.54) is 29.5 Å². The zero-order valence-corrected chi connectivity index (χ0v) is 20.5. The van der Waals surface area contributed by atoms with Crippen LogP contribution in [0, 0.1) is 11.8 Å². The SMILES string of the molecule is C[C@@H](O)[C@H]1C(=O)N2C(C(=O)OC3OC(=O)c4ccccc43)=C(c3cn4cnc(C(=O)CO)c4s3)[C@H](C)[C@H]12. The van der Waals surface area contributed by atoms with Gasteiger partial charge in [-0.15, -0.1) is 11.3 Å². The lowest BCUT2D eigenvalue weighted by atomic mass is 9.77. The molecule has 2 N–H and O–H groups in total. The van der Waals surface area contributed by atoms with Crippen LogP contribution in [-0.4, -0.2) is 66.9 Å². The second-order valence-corrected chi connectivity index (χ2v) is 10.3. The van der Waals surface area contributed by atoms with Crippen molar-refractivity contribution in [3.63, 3.8) is 0 Å². The molecular formula is C25H21N3O8S. The molecule has 6 rings (SSSR count). The predicted octanol–water partition coefficient (Wildman–Crippen LogP) is 1.55. The summed E-state index contributed by atoms with van der Waals surface area (Å²) in [5.74, 6) is -3.46. The van der Waals surface area contributed by atoms with Crippen LogP contribution in [0.2, 0.25) is 0 Å². The third kappa shape index (κ3) is 3.29. The van der Waals surface area contributed by atoms with Gasteiger partial charge in [-0.1, -0.05) is 25.1 Å². The number of benzene rings is 1. The number of Topliss-reactive ketones (excluding diaryl/α,β-unsaturated/α-hetero) is 1. The fraction of sp³-hybridized carbons (Fsp3) is 0.320. The van der Waals surface area contributed by atoms with Crippen molar-refractivity contribution in [1.29, 1.82) is 0 Å². The smallest absolute Gasteiger partial charge is 0.358 e. The van der Waals surface area contributed by atoms with Crippen molar-refractivity contribution < 1.29 is 38.9 Å². The summed E-state index contributed by atoms with van der Waals surface area (Å²) in [7, 11) is 0. The largest absolute Gasteiger partial charge is 0.417 e. The second kappa shape index (κ2) is 8.33. The number of ketones is 1. The molecule has 190 valence electrons. The molecule has 0 spiro atoms. The highest BCUT2D eigenvalue weighted by atomic mass is 32.1. The molecule has 11 nitrogen and oxygen atoms in total. The Balaban J connectivity index is 1.43. The normalized spacial score (nSPS) is 25.1. The van der Waals surface area contributed by atoms with Crippen molar-refractivity contribution in [3.8, 4) is 0 Å². The summed E-state index contributed by atoms with van der Waals surface area (Å²) >= 11 is 1.19. The minimum atomic E-state index is -1.26. The van der Waals surface area contributed by atoms with E-state index < -0.39 is 54.6 Å². The van der Waals surface area contributed by atoms with Crippen molar-refractivity contribution in [2.24, 2.45) is 11.8 Å². The van der Waals surface area contributed by atoms with Gasteiger partial charge >= 0.3 is 11.9 Å². The molecule has 1 saturated heterocycles. The Bertz CT molecular complexity index is 1540. The number of amides is 1. The molecule has 3 aliphatic heterocycles. The lowest BCUT2D eigenvalue weighted by Gasteiger charge is -2.46. The van der Waals surface area contributed by atoms with E-state index in [4.69, 9.17) is 9.47 Å². The molecule has 0 bridgehead atoms. The number of cyclic esters (lactones) is 1. The van der Waals surface area contributed by atoms with E-state index in [1.54, 1.807) is 34.9 Å². The predicted molar refractivity (Wildman–Crippen MR) is 127 cm³/mol. The first-order valence-corrected chi connectivity index (χ1v) is 12.4. The molecule has 0 aliphatic carbocycles. The molecule has 37 heavy (non-hydrogen) atoms. The summed E-state index contributed by atoms with van der Waals surface area (Å²) in [6.07, 6.45) is 0.940. The Kier molecular flexibility index (Phi) is 5.30. The maximum atomic E-state index is 13.6. The van der Waals surface area contributed by atoms with E-state index in [1.807, 2.05) is 6.92 Å². The molecule has 1 unspecified atom stereocenters. The molecule has 0 radical (unpaired) electrons. The summed E-state index contributed by atoms with van der Waals surface area (Å²) in [5.41, 5.74) is 1.33. The number of aliphatic hydroxyl groups is 2. The number of fused-ring (bicyclic) bond motifs is 3. The molecule has 2 aromatic heterocycles. The van der Waals surface area contributed by atoms with Crippen LogP contribution in [0.4, 0.5) is 0 Å². The zero-order valence-electron chi connectivity index (χ0n) is 19.7. The fourth-order valence-electron chi connectivity index (χ4n) is 5.43. The number of imidazole rings is 1. The Morgan fingerprint density at radius 3 is 2.76 bits per heavy atom. The number of hydrogen-bond donors (Lipinski definition) is 2. The van der Waals surface area contributed by atoms with Gasteiger partial charge in [0.1, 0.15) is 29.2 Å². The summed E-state index contributed by atoms with van der Waals surface area (Å²) in [6, 6.07) is 6.10. The van der Waals surface area contributed by atoms with Crippen LogP contribution in [-0.2, 0) is 19.1 Å². The van der Waals surface area contributed by atoms with Crippen LogP contribution in [0.25, 0.3) is 10.4 Å².